The topological polar surface area (TPSA) is 76.1 Å². The number of rotatable bonds is 3. The number of aromatic nitrogens is 2. The number of alkyl halides is 3. The number of ether oxygens (including phenoxy) is 1. The monoisotopic (exact) mass is 416 g/mol. The first kappa shape index (κ1) is 19.9. The smallest absolute Gasteiger partial charge is 0.406 e. The molecule has 0 fully saturated rings. The molecule has 1 aliphatic heterocycles. The van der Waals surface area contributed by atoms with Gasteiger partial charge in [-0.15, -0.1) is 13.2 Å². The van der Waals surface area contributed by atoms with E-state index >= 15 is 0 Å². The van der Waals surface area contributed by atoms with E-state index in [0.717, 1.165) is 22.5 Å². The molecule has 0 saturated heterocycles. The lowest BCUT2D eigenvalue weighted by atomic mass is 9.81. The molecule has 4 rings (SSSR count). The number of allylic oxidation sites excluding steroid dienone is 4. The third-order valence-electron chi connectivity index (χ3n) is 4.94. The number of anilines is 2. The number of carbonyl (C=O) groups excluding carboxylic acids is 1. The number of amides is 1. The van der Waals surface area contributed by atoms with Crippen LogP contribution >= 0.6 is 0 Å². The molecule has 1 aliphatic carbocycles. The third-order valence-corrected chi connectivity index (χ3v) is 4.94. The minimum Gasteiger partial charge on any atom is -0.406 e. The number of halogens is 3. The molecule has 2 aromatic rings. The van der Waals surface area contributed by atoms with E-state index in [1.165, 1.54) is 24.3 Å². The van der Waals surface area contributed by atoms with Crippen molar-refractivity contribution in [1.29, 1.82) is 0 Å². The summed E-state index contributed by atoms with van der Waals surface area (Å²) in [6.07, 6.45) is 1.14. The molecule has 0 spiro atoms. The van der Waals surface area contributed by atoms with Crippen LogP contribution in [-0.4, -0.2) is 22.2 Å². The predicted molar refractivity (Wildman–Crippen MR) is 104 cm³/mol. The molecule has 1 aromatic carbocycles. The second-order valence-electron chi connectivity index (χ2n) is 7.37. The third kappa shape index (κ3) is 4.29. The number of carbonyl (C=O) groups is 1. The van der Waals surface area contributed by atoms with E-state index in [4.69, 9.17) is 0 Å². The molecule has 2 aliphatic rings. The number of fused-ring (bicyclic) bond motifs is 3. The van der Waals surface area contributed by atoms with Crippen LogP contribution in [0.5, 0.6) is 5.75 Å². The SMILES string of the molecule is CC1=CC(C)C2C(=C1)NC(=O)Cc1cnc(Nc3ccc(OC(F)(F)F)cc3)nc12. The van der Waals surface area contributed by atoms with Gasteiger partial charge in [-0.05, 0) is 43.2 Å². The quantitative estimate of drug-likeness (QED) is 0.778. The summed E-state index contributed by atoms with van der Waals surface area (Å²) in [5.74, 6) is -0.111. The summed E-state index contributed by atoms with van der Waals surface area (Å²) in [5.41, 5.74) is 3.90. The molecular formula is C21H19F3N4O2. The molecule has 9 heteroatoms. The van der Waals surface area contributed by atoms with Gasteiger partial charge >= 0.3 is 6.36 Å². The van der Waals surface area contributed by atoms with E-state index in [2.05, 4.69) is 38.3 Å². The minimum absolute atomic E-state index is 0.110. The van der Waals surface area contributed by atoms with E-state index in [-0.39, 0.29) is 29.9 Å². The van der Waals surface area contributed by atoms with E-state index in [0.29, 0.717) is 11.6 Å². The second-order valence-corrected chi connectivity index (χ2v) is 7.37. The summed E-state index contributed by atoms with van der Waals surface area (Å²) in [5, 5.41) is 5.97. The Morgan fingerprint density at radius 2 is 1.97 bits per heavy atom. The van der Waals surface area contributed by atoms with Gasteiger partial charge in [0.2, 0.25) is 11.9 Å². The Bertz CT molecular complexity index is 1050. The Balaban J connectivity index is 1.62. The Kier molecular flexibility index (Phi) is 4.97. The van der Waals surface area contributed by atoms with Gasteiger partial charge < -0.3 is 15.4 Å². The van der Waals surface area contributed by atoms with Crippen LogP contribution in [0.25, 0.3) is 0 Å². The van der Waals surface area contributed by atoms with Gasteiger partial charge in [0.05, 0.1) is 12.1 Å². The molecule has 0 bridgehead atoms. The van der Waals surface area contributed by atoms with Crippen molar-refractivity contribution in [3.05, 3.63) is 65.1 Å². The summed E-state index contributed by atoms with van der Waals surface area (Å²) < 4.78 is 40.8. The van der Waals surface area contributed by atoms with Gasteiger partial charge in [-0.25, -0.2) is 9.97 Å². The van der Waals surface area contributed by atoms with Gasteiger partial charge in [0.1, 0.15) is 5.75 Å². The van der Waals surface area contributed by atoms with Gasteiger partial charge in [0.25, 0.3) is 0 Å². The molecule has 2 unspecified atom stereocenters. The molecule has 2 heterocycles. The maximum Gasteiger partial charge on any atom is 0.573 e. The minimum atomic E-state index is -4.74. The maximum absolute atomic E-state index is 12.3. The zero-order chi connectivity index (χ0) is 21.5. The number of hydrogen-bond acceptors (Lipinski definition) is 5. The van der Waals surface area contributed by atoms with Crippen molar-refractivity contribution in [2.45, 2.75) is 32.5 Å². The molecule has 2 N–H and O–H groups in total. The molecule has 1 aromatic heterocycles. The van der Waals surface area contributed by atoms with Crippen LogP contribution in [0.15, 0.2) is 53.9 Å². The highest BCUT2D eigenvalue weighted by atomic mass is 19.4. The summed E-state index contributed by atoms with van der Waals surface area (Å²) in [7, 11) is 0. The fourth-order valence-corrected chi connectivity index (χ4v) is 3.82. The van der Waals surface area contributed by atoms with E-state index in [1.54, 1.807) is 6.20 Å². The lowest BCUT2D eigenvalue weighted by molar-refractivity contribution is -0.274. The fourth-order valence-electron chi connectivity index (χ4n) is 3.82. The molecule has 6 nitrogen and oxygen atoms in total. The highest BCUT2D eigenvalue weighted by molar-refractivity contribution is 5.82. The molecule has 0 radical (unpaired) electrons. The average molecular weight is 416 g/mol. The van der Waals surface area contributed by atoms with Crippen LogP contribution in [0.3, 0.4) is 0 Å². The lowest BCUT2D eigenvalue weighted by Gasteiger charge is -2.27. The van der Waals surface area contributed by atoms with E-state index in [1.807, 2.05) is 13.0 Å². The van der Waals surface area contributed by atoms with Gasteiger partial charge in [0.15, 0.2) is 0 Å². The summed E-state index contributed by atoms with van der Waals surface area (Å²) in [6, 6.07) is 5.31. The molecule has 1 amide bonds. The van der Waals surface area contributed by atoms with Crippen molar-refractivity contribution >= 4 is 17.5 Å². The van der Waals surface area contributed by atoms with Crippen LogP contribution < -0.4 is 15.4 Å². The van der Waals surface area contributed by atoms with Gasteiger partial charge in [0, 0.05) is 29.1 Å². The van der Waals surface area contributed by atoms with Crippen LogP contribution in [0, 0.1) is 5.92 Å². The Labute approximate surface area is 170 Å². The molecule has 2 atom stereocenters. The first-order valence-corrected chi connectivity index (χ1v) is 9.36. The summed E-state index contributed by atoms with van der Waals surface area (Å²) >= 11 is 0. The van der Waals surface area contributed by atoms with Crippen LogP contribution in [0.4, 0.5) is 24.8 Å². The largest absolute Gasteiger partial charge is 0.573 e. The summed E-state index contributed by atoms with van der Waals surface area (Å²) in [4.78, 5) is 21.2. The molecular weight excluding hydrogens is 397 g/mol. The highest BCUT2D eigenvalue weighted by Crippen LogP contribution is 2.38. The normalized spacial score (nSPS) is 20.8. The first-order chi connectivity index (χ1) is 14.2. The standard InChI is InChI=1S/C21H19F3N4O2/c1-11-7-12(2)18-16(8-11)27-17(29)9-13-10-25-20(28-19(13)18)26-14-3-5-15(6-4-14)30-21(22,23)24/h3-8,10,12,18H,9H2,1-2H3,(H,27,29)(H,25,26,28). The molecule has 30 heavy (non-hydrogen) atoms. The van der Waals surface area contributed by atoms with Crippen molar-refractivity contribution in [2.75, 3.05) is 5.32 Å². The van der Waals surface area contributed by atoms with Gasteiger partial charge in [-0.3, -0.25) is 4.79 Å². The van der Waals surface area contributed by atoms with Crippen molar-refractivity contribution in [2.24, 2.45) is 5.92 Å². The second kappa shape index (κ2) is 7.47. The van der Waals surface area contributed by atoms with Crippen molar-refractivity contribution in [3.8, 4) is 5.75 Å². The van der Waals surface area contributed by atoms with Gasteiger partial charge in [-0.2, -0.15) is 0 Å². The molecule has 0 saturated carbocycles. The number of nitrogens with one attached hydrogen (secondary N) is 2. The van der Waals surface area contributed by atoms with Crippen LogP contribution in [0.1, 0.15) is 31.0 Å². The van der Waals surface area contributed by atoms with Gasteiger partial charge in [-0.1, -0.05) is 18.6 Å². The zero-order valence-electron chi connectivity index (χ0n) is 16.2. The first-order valence-electron chi connectivity index (χ1n) is 9.36. The fraction of sp³-hybridized carbons (Fsp3) is 0.286. The Hall–Kier alpha value is -3.36. The van der Waals surface area contributed by atoms with Crippen molar-refractivity contribution in [3.63, 3.8) is 0 Å². The molecule has 156 valence electrons. The average Bonchev–Trinajstić information content (AvgIpc) is 2.77. The highest BCUT2D eigenvalue weighted by Gasteiger charge is 2.33. The van der Waals surface area contributed by atoms with E-state index in [9.17, 15) is 18.0 Å². The zero-order valence-corrected chi connectivity index (χ0v) is 16.2. The Morgan fingerprint density at radius 1 is 1.23 bits per heavy atom. The van der Waals surface area contributed by atoms with E-state index < -0.39 is 6.36 Å². The lowest BCUT2D eigenvalue weighted by Crippen LogP contribution is -2.28. The Morgan fingerprint density at radius 3 is 2.67 bits per heavy atom. The number of nitrogens with zero attached hydrogens (tertiary/aromatic N) is 2. The maximum atomic E-state index is 12.3. The van der Waals surface area contributed by atoms with Crippen LogP contribution in [-0.2, 0) is 11.2 Å². The van der Waals surface area contributed by atoms with Crippen molar-refractivity contribution in [1.82, 2.24) is 15.3 Å². The van der Waals surface area contributed by atoms with Crippen molar-refractivity contribution < 1.29 is 22.7 Å². The summed E-state index contributed by atoms with van der Waals surface area (Å²) in [6.45, 7) is 4.05. The number of benzene rings is 1. The number of hydrogen-bond donors (Lipinski definition) is 2. The van der Waals surface area contributed by atoms with Crippen LogP contribution in [0.2, 0.25) is 0 Å². The predicted octanol–water partition coefficient (Wildman–Crippen LogP) is 4.35.